The van der Waals surface area contributed by atoms with Gasteiger partial charge < -0.3 is 15.5 Å². The Labute approximate surface area is 238 Å². The van der Waals surface area contributed by atoms with E-state index in [0.717, 1.165) is 6.07 Å². The quantitative estimate of drug-likeness (QED) is 0.164. The standard InChI is InChI=1S/C28H29N5O6S2/c1-4-29-24-15-13-22-21(27(24)33-30-18-7-9-19(10-8-18)40(36,37)5-2)12-16-25(28(22)35)32-31-23-14-11-20(17-26(23)34)41(38,39)6-3/h7-17,29,34-35H,4-6H2,1-3H3. The number of phenols is 2. The van der Waals surface area contributed by atoms with Crippen LogP contribution in [0.2, 0.25) is 0 Å². The van der Waals surface area contributed by atoms with Crippen molar-refractivity contribution in [2.45, 2.75) is 30.6 Å². The van der Waals surface area contributed by atoms with Gasteiger partial charge in [-0.1, -0.05) is 13.8 Å². The number of anilines is 1. The summed E-state index contributed by atoms with van der Waals surface area (Å²) in [5, 5.41) is 42.2. The maximum absolute atomic E-state index is 12.1. The molecule has 3 N–H and O–H groups in total. The molecule has 0 fully saturated rings. The number of hydrogen-bond donors (Lipinski definition) is 3. The van der Waals surface area contributed by atoms with Gasteiger partial charge in [-0.25, -0.2) is 16.8 Å². The van der Waals surface area contributed by atoms with E-state index in [1.807, 2.05) is 6.92 Å². The lowest BCUT2D eigenvalue weighted by atomic mass is 10.1. The molecule has 13 heteroatoms. The first-order chi connectivity index (χ1) is 19.5. The summed E-state index contributed by atoms with van der Waals surface area (Å²) in [7, 11) is -6.83. The summed E-state index contributed by atoms with van der Waals surface area (Å²) in [4.78, 5) is 0.185. The molecule has 0 spiro atoms. The molecule has 0 amide bonds. The number of azo groups is 2. The van der Waals surface area contributed by atoms with E-state index in [4.69, 9.17) is 0 Å². The molecule has 4 aromatic rings. The highest BCUT2D eigenvalue weighted by atomic mass is 32.2. The second-order valence-corrected chi connectivity index (χ2v) is 13.4. The molecule has 0 aliphatic carbocycles. The van der Waals surface area contributed by atoms with Gasteiger partial charge in [0.05, 0.1) is 32.7 Å². The van der Waals surface area contributed by atoms with Gasteiger partial charge in [-0.05, 0) is 67.6 Å². The van der Waals surface area contributed by atoms with E-state index in [-0.39, 0.29) is 44.2 Å². The molecule has 214 valence electrons. The van der Waals surface area contributed by atoms with Gasteiger partial charge >= 0.3 is 0 Å². The van der Waals surface area contributed by atoms with Gasteiger partial charge in [0, 0.05) is 23.4 Å². The number of aromatic hydroxyl groups is 2. The van der Waals surface area contributed by atoms with Crippen LogP contribution in [0.25, 0.3) is 10.8 Å². The Morgan fingerprint density at radius 1 is 0.659 bits per heavy atom. The summed E-state index contributed by atoms with van der Waals surface area (Å²) in [6.45, 7) is 5.63. The zero-order chi connectivity index (χ0) is 29.8. The third-order valence-corrected chi connectivity index (χ3v) is 9.77. The van der Waals surface area contributed by atoms with Crippen molar-refractivity contribution in [3.8, 4) is 11.5 Å². The first kappa shape index (κ1) is 29.6. The number of nitrogens with zero attached hydrogens (tertiary/aromatic N) is 4. The maximum atomic E-state index is 12.1. The van der Waals surface area contributed by atoms with Crippen molar-refractivity contribution in [1.82, 2.24) is 0 Å². The number of benzene rings is 4. The van der Waals surface area contributed by atoms with Crippen molar-refractivity contribution in [3.63, 3.8) is 0 Å². The van der Waals surface area contributed by atoms with E-state index < -0.39 is 19.7 Å². The highest BCUT2D eigenvalue weighted by Crippen LogP contribution is 2.43. The molecule has 0 heterocycles. The van der Waals surface area contributed by atoms with Gasteiger partial charge in [0.25, 0.3) is 0 Å². The van der Waals surface area contributed by atoms with Gasteiger partial charge in [-0.15, -0.1) is 15.3 Å². The molecule has 0 aliphatic heterocycles. The lowest BCUT2D eigenvalue weighted by Crippen LogP contribution is -2.02. The molecular formula is C28H29N5O6S2. The molecule has 0 radical (unpaired) electrons. The van der Waals surface area contributed by atoms with Gasteiger partial charge in [0.1, 0.15) is 22.8 Å². The van der Waals surface area contributed by atoms with E-state index in [0.29, 0.717) is 34.4 Å². The van der Waals surface area contributed by atoms with Gasteiger partial charge in [-0.2, -0.15) is 5.11 Å². The van der Waals surface area contributed by atoms with Crippen molar-refractivity contribution in [1.29, 1.82) is 0 Å². The average molecular weight is 596 g/mol. The number of hydrogen-bond acceptors (Lipinski definition) is 11. The zero-order valence-corrected chi connectivity index (χ0v) is 24.2. The Morgan fingerprint density at radius 2 is 1.24 bits per heavy atom. The fourth-order valence-corrected chi connectivity index (χ4v) is 5.72. The predicted octanol–water partition coefficient (Wildman–Crippen LogP) is 7.10. The summed E-state index contributed by atoms with van der Waals surface area (Å²) < 4.78 is 48.3. The minimum absolute atomic E-state index is 0.00229. The van der Waals surface area contributed by atoms with Crippen LogP contribution in [0.5, 0.6) is 11.5 Å². The molecule has 4 aromatic carbocycles. The molecule has 0 saturated carbocycles. The second kappa shape index (κ2) is 12.0. The van der Waals surface area contributed by atoms with Crippen LogP contribution < -0.4 is 5.32 Å². The van der Waals surface area contributed by atoms with Gasteiger partial charge in [-0.3, -0.25) is 0 Å². The number of sulfone groups is 2. The molecular weight excluding hydrogens is 566 g/mol. The van der Waals surface area contributed by atoms with E-state index in [1.165, 1.54) is 37.3 Å². The van der Waals surface area contributed by atoms with Gasteiger partial charge in [0.2, 0.25) is 0 Å². The highest BCUT2D eigenvalue weighted by Gasteiger charge is 2.16. The Bertz CT molecular complexity index is 1870. The number of nitrogens with one attached hydrogen (secondary N) is 1. The molecule has 4 rings (SSSR count). The summed E-state index contributed by atoms with van der Waals surface area (Å²) in [5.41, 5.74) is 1.74. The van der Waals surface area contributed by atoms with Crippen LogP contribution in [-0.4, -0.2) is 45.1 Å². The fraction of sp³-hybridized carbons (Fsp3) is 0.214. The molecule has 0 aliphatic rings. The molecule has 0 bridgehead atoms. The zero-order valence-electron chi connectivity index (χ0n) is 22.6. The van der Waals surface area contributed by atoms with Crippen LogP contribution in [0.4, 0.5) is 28.4 Å². The monoisotopic (exact) mass is 595 g/mol. The van der Waals surface area contributed by atoms with Crippen molar-refractivity contribution < 1.29 is 27.0 Å². The van der Waals surface area contributed by atoms with E-state index in [1.54, 1.807) is 37.3 Å². The van der Waals surface area contributed by atoms with Crippen LogP contribution in [0.3, 0.4) is 0 Å². The minimum Gasteiger partial charge on any atom is -0.506 e. The molecule has 41 heavy (non-hydrogen) atoms. The molecule has 0 atom stereocenters. The Hall–Kier alpha value is -4.36. The van der Waals surface area contributed by atoms with E-state index >= 15 is 0 Å². The number of rotatable bonds is 10. The van der Waals surface area contributed by atoms with Gasteiger partial charge in [0.15, 0.2) is 25.4 Å². The SMILES string of the molecule is CCNc1ccc2c(O)c(N=Nc3ccc(S(=O)(=O)CC)cc3O)ccc2c1N=Nc1ccc(S(=O)(=O)CC)cc1. The maximum Gasteiger partial charge on any atom is 0.178 e. The molecule has 0 aromatic heterocycles. The predicted molar refractivity (Wildman–Crippen MR) is 158 cm³/mol. The Balaban J connectivity index is 1.70. The second-order valence-electron chi connectivity index (χ2n) is 8.87. The highest BCUT2D eigenvalue weighted by molar-refractivity contribution is 7.91. The lowest BCUT2D eigenvalue weighted by Gasteiger charge is -2.11. The Kier molecular flexibility index (Phi) is 8.69. The molecule has 0 unspecified atom stereocenters. The largest absolute Gasteiger partial charge is 0.506 e. The first-order valence-corrected chi connectivity index (χ1v) is 16.1. The summed E-state index contributed by atoms with van der Waals surface area (Å²) >= 11 is 0. The first-order valence-electron chi connectivity index (χ1n) is 12.7. The fourth-order valence-electron chi connectivity index (χ4n) is 3.93. The summed E-state index contributed by atoms with van der Waals surface area (Å²) in [5.74, 6) is -0.644. The van der Waals surface area contributed by atoms with Crippen molar-refractivity contribution in [2.24, 2.45) is 20.5 Å². The smallest absolute Gasteiger partial charge is 0.178 e. The van der Waals surface area contributed by atoms with Crippen molar-refractivity contribution >= 4 is 58.9 Å². The number of fused-ring (bicyclic) bond motifs is 1. The van der Waals surface area contributed by atoms with Crippen LogP contribution in [0.1, 0.15) is 20.8 Å². The van der Waals surface area contributed by atoms with Crippen molar-refractivity contribution in [3.05, 3.63) is 66.7 Å². The third kappa shape index (κ3) is 6.36. The van der Waals surface area contributed by atoms with E-state index in [9.17, 15) is 27.0 Å². The van der Waals surface area contributed by atoms with Crippen LogP contribution in [0, 0.1) is 0 Å². The summed E-state index contributed by atoms with van der Waals surface area (Å²) in [6.07, 6.45) is 0. The van der Waals surface area contributed by atoms with Crippen molar-refractivity contribution in [2.75, 3.05) is 23.4 Å². The lowest BCUT2D eigenvalue weighted by molar-refractivity contribution is 0.473. The molecule has 0 saturated heterocycles. The Morgan fingerprint density at radius 3 is 1.88 bits per heavy atom. The average Bonchev–Trinajstić information content (AvgIpc) is 2.97. The van der Waals surface area contributed by atoms with Crippen LogP contribution in [0.15, 0.2) is 97.0 Å². The minimum atomic E-state index is -3.50. The van der Waals surface area contributed by atoms with Crippen LogP contribution >= 0.6 is 0 Å². The third-order valence-electron chi connectivity index (χ3n) is 6.28. The normalized spacial score (nSPS) is 12.5. The molecule has 11 nitrogen and oxygen atoms in total. The topological polar surface area (TPSA) is 170 Å². The van der Waals surface area contributed by atoms with E-state index in [2.05, 4.69) is 25.8 Å². The summed E-state index contributed by atoms with van der Waals surface area (Å²) in [6, 6.07) is 16.6. The van der Waals surface area contributed by atoms with Crippen LogP contribution in [-0.2, 0) is 19.7 Å². The number of phenolic OH excluding ortho intramolecular Hbond substituents is 2.